The molecule has 0 fully saturated rings. The minimum Gasteiger partial charge on any atom is -0.229 e. The normalized spacial score (nSPS) is 13.5. The standard InChI is InChI=1S/C8H17NO4S2/c1-3-4-6-14(10,11)7-5-8-15(12,13)9-2/h3-4,9H,5-8H2,1-2H3/b4-3+. The van der Waals surface area contributed by atoms with E-state index in [2.05, 4.69) is 4.72 Å². The predicted molar refractivity (Wildman–Crippen MR) is 60.9 cm³/mol. The van der Waals surface area contributed by atoms with Crippen LogP contribution < -0.4 is 4.72 Å². The van der Waals surface area contributed by atoms with Crippen molar-refractivity contribution in [3.8, 4) is 0 Å². The Hall–Kier alpha value is -0.400. The van der Waals surface area contributed by atoms with E-state index in [0.29, 0.717) is 0 Å². The van der Waals surface area contributed by atoms with Gasteiger partial charge in [0, 0.05) is 0 Å². The van der Waals surface area contributed by atoms with Gasteiger partial charge < -0.3 is 0 Å². The second-order valence-corrected chi connectivity index (χ2v) is 7.33. The largest absolute Gasteiger partial charge is 0.229 e. The summed E-state index contributed by atoms with van der Waals surface area (Å²) in [7, 11) is -5.14. The van der Waals surface area contributed by atoms with Crippen LogP contribution in [0.1, 0.15) is 13.3 Å². The molecule has 0 atom stereocenters. The first-order valence-corrected chi connectivity index (χ1v) is 8.03. The Morgan fingerprint density at radius 1 is 1.13 bits per heavy atom. The first-order valence-electron chi connectivity index (χ1n) is 4.56. The molecule has 0 aliphatic heterocycles. The first kappa shape index (κ1) is 14.6. The number of rotatable bonds is 7. The molecule has 7 heteroatoms. The van der Waals surface area contributed by atoms with Crippen LogP contribution in [0.15, 0.2) is 12.2 Å². The minimum absolute atomic E-state index is 0.0247. The molecule has 0 spiro atoms. The highest BCUT2D eigenvalue weighted by Crippen LogP contribution is 1.97. The zero-order valence-corrected chi connectivity index (χ0v) is 10.6. The van der Waals surface area contributed by atoms with Crippen LogP contribution in [0.25, 0.3) is 0 Å². The van der Waals surface area contributed by atoms with Crippen LogP contribution in [0.4, 0.5) is 0 Å². The molecule has 0 rings (SSSR count). The second kappa shape index (κ2) is 6.24. The molecular formula is C8H17NO4S2. The Morgan fingerprint density at radius 2 is 1.73 bits per heavy atom. The van der Waals surface area contributed by atoms with Gasteiger partial charge in [-0.2, -0.15) is 0 Å². The van der Waals surface area contributed by atoms with Crippen molar-refractivity contribution in [2.75, 3.05) is 24.3 Å². The molecular weight excluding hydrogens is 238 g/mol. The molecule has 0 saturated heterocycles. The van der Waals surface area contributed by atoms with E-state index < -0.39 is 19.9 Å². The number of sulfone groups is 1. The van der Waals surface area contributed by atoms with Crippen molar-refractivity contribution >= 4 is 19.9 Å². The molecule has 5 nitrogen and oxygen atoms in total. The number of sulfonamides is 1. The van der Waals surface area contributed by atoms with Gasteiger partial charge in [-0.25, -0.2) is 21.6 Å². The summed E-state index contributed by atoms with van der Waals surface area (Å²) in [6.07, 6.45) is 3.33. The maximum Gasteiger partial charge on any atom is 0.211 e. The number of nitrogens with one attached hydrogen (secondary N) is 1. The molecule has 0 unspecified atom stereocenters. The van der Waals surface area contributed by atoms with Crippen molar-refractivity contribution < 1.29 is 16.8 Å². The van der Waals surface area contributed by atoms with Gasteiger partial charge in [0.05, 0.1) is 17.3 Å². The van der Waals surface area contributed by atoms with E-state index in [1.54, 1.807) is 19.1 Å². The summed E-state index contributed by atoms with van der Waals surface area (Å²) in [6, 6.07) is 0. The van der Waals surface area contributed by atoms with Gasteiger partial charge in [0.2, 0.25) is 10.0 Å². The topological polar surface area (TPSA) is 80.3 Å². The quantitative estimate of drug-likeness (QED) is 0.645. The molecule has 0 aliphatic rings. The molecule has 0 saturated carbocycles. The molecule has 0 aliphatic carbocycles. The van der Waals surface area contributed by atoms with E-state index in [-0.39, 0.29) is 23.7 Å². The number of hydrogen-bond acceptors (Lipinski definition) is 4. The van der Waals surface area contributed by atoms with Crippen molar-refractivity contribution in [2.24, 2.45) is 0 Å². The van der Waals surface area contributed by atoms with E-state index in [0.717, 1.165) is 0 Å². The molecule has 0 amide bonds. The molecule has 1 N–H and O–H groups in total. The van der Waals surface area contributed by atoms with Crippen molar-refractivity contribution in [3.63, 3.8) is 0 Å². The summed E-state index contributed by atoms with van der Waals surface area (Å²) in [4.78, 5) is 0. The number of allylic oxidation sites excluding steroid dienone is 1. The van der Waals surface area contributed by atoms with Gasteiger partial charge in [-0.05, 0) is 20.4 Å². The summed E-state index contributed by atoms with van der Waals surface area (Å²) in [6.45, 7) is 1.74. The van der Waals surface area contributed by atoms with Crippen LogP contribution in [-0.2, 0) is 19.9 Å². The lowest BCUT2D eigenvalue weighted by Crippen LogP contribution is -2.23. The van der Waals surface area contributed by atoms with E-state index in [1.165, 1.54) is 7.05 Å². The summed E-state index contributed by atoms with van der Waals surface area (Å²) >= 11 is 0. The third kappa shape index (κ3) is 7.52. The molecule has 15 heavy (non-hydrogen) atoms. The summed E-state index contributed by atoms with van der Waals surface area (Å²) in [5.74, 6) is -0.278. The fourth-order valence-electron chi connectivity index (χ4n) is 0.897. The Bertz CT molecular complexity index is 394. The van der Waals surface area contributed by atoms with Gasteiger partial charge >= 0.3 is 0 Å². The SMILES string of the molecule is C/C=C/CS(=O)(=O)CCCS(=O)(=O)NC. The molecule has 0 aromatic rings. The Balaban J connectivity index is 4.07. The fraction of sp³-hybridized carbons (Fsp3) is 0.750. The van der Waals surface area contributed by atoms with Crippen LogP contribution in [0.5, 0.6) is 0 Å². The molecule has 0 heterocycles. The van der Waals surface area contributed by atoms with Crippen LogP contribution in [-0.4, -0.2) is 41.1 Å². The smallest absolute Gasteiger partial charge is 0.211 e. The van der Waals surface area contributed by atoms with Crippen molar-refractivity contribution in [2.45, 2.75) is 13.3 Å². The van der Waals surface area contributed by atoms with Gasteiger partial charge in [-0.15, -0.1) is 0 Å². The molecule has 0 aromatic carbocycles. The number of hydrogen-bond donors (Lipinski definition) is 1. The van der Waals surface area contributed by atoms with E-state index in [4.69, 9.17) is 0 Å². The highest BCUT2D eigenvalue weighted by Gasteiger charge is 2.12. The highest BCUT2D eigenvalue weighted by molar-refractivity contribution is 7.91. The van der Waals surface area contributed by atoms with Gasteiger partial charge in [0.25, 0.3) is 0 Å². The lowest BCUT2D eigenvalue weighted by molar-refractivity contribution is 0.585. The van der Waals surface area contributed by atoms with Crippen LogP contribution in [0.3, 0.4) is 0 Å². The monoisotopic (exact) mass is 255 g/mol. The van der Waals surface area contributed by atoms with E-state index in [1.807, 2.05) is 0 Å². The highest BCUT2D eigenvalue weighted by atomic mass is 32.2. The predicted octanol–water partition coefficient (Wildman–Crippen LogP) is -0.0834. The summed E-state index contributed by atoms with van der Waals surface area (Å²) < 4.78 is 46.7. The second-order valence-electron chi connectivity index (χ2n) is 3.06. The van der Waals surface area contributed by atoms with Gasteiger partial charge in [-0.3, -0.25) is 0 Å². The average Bonchev–Trinajstić information content (AvgIpc) is 2.14. The summed E-state index contributed by atoms with van der Waals surface area (Å²) in [5.41, 5.74) is 0. The first-order chi connectivity index (χ1) is 6.83. The Labute approximate surface area is 91.5 Å². The van der Waals surface area contributed by atoms with Crippen LogP contribution in [0, 0.1) is 0 Å². The van der Waals surface area contributed by atoms with Crippen LogP contribution in [0.2, 0.25) is 0 Å². The summed E-state index contributed by atoms with van der Waals surface area (Å²) in [5, 5.41) is 0. The van der Waals surface area contributed by atoms with Crippen molar-refractivity contribution in [1.29, 1.82) is 0 Å². The molecule has 0 bridgehead atoms. The Kier molecular flexibility index (Phi) is 6.07. The van der Waals surface area contributed by atoms with Crippen LogP contribution >= 0.6 is 0 Å². The van der Waals surface area contributed by atoms with Crippen molar-refractivity contribution in [3.05, 3.63) is 12.2 Å². The molecule has 0 radical (unpaired) electrons. The lowest BCUT2D eigenvalue weighted by Gasteiger charge is -2.02. The van der Waals surface area contributed by atoms with Gasteiger partial charge in [-0.1, -0.05) is 12.2 Å². The zero-order chi connectivity index (χ0) is 11.9. The van der Waals surface area contributed by atoms with E-state index >= 15 is 0 Å². The van der Waals surface area contributed by atoms with Crippen molar-refractivity contribution in [1.82, 2.24) is 4.72 Å². The van der Waals surface area contributed by atoms with E-state index in [9.17, 15) is 16.8 Å². The third-order valence-electron chi connectivity index (χ3n) is 1.77. The maximum atomic E-state index is 11.3. The van der Waals surface area contributed by atoms with Gasteiger partial charge in [0.1, 0.15) is 0 Å². The zero-order valence-electron chi connectivity index (χ0n) is 8.93. The molecule has 0 aromatic heterocycles. The Morgan fingerprint density at radius 3 is 2.20 bits per heavy atom. The minimum atomic E-state index is -3.29. The lowest BCUT2D eigenvalue weighted by atomic mass is 10.6. The maximum absolute atomic E-state index is 11.3. The third-order valence-corrected chi connectivity index (χ3v) is 4.82. The van der Waals surface area contributed by atoms with Gasteiger partial charge in [0.15, 0.2) is 9.84 Å². The fourth-order valence-corrected chi connectivity index (χ4v) is 3.04. The molecule has 90 valence electrons. The average molecular weight is 255 g/mol.